The molecular formula is C13H26N2O2. The van der Waals surface area contributed by atoms with Gasteiger partial charge in [-0.3, -0.25) is 4.79 Å². The fourth-order valence-electron chi connectivity index (χ4n) is 2.10. The largest absolute Gasteiger partial charge is 0.381 e. The van der Waals surface area contributed by atoms with Gasteiger partial charge in [-0.05, 0) is 46.0 Å². The van der Waals surface area contributed by atoms with E-state index in [1.807, 2.05) is 13.8 Å². The molecular weight excluding hydrogens is 216 g/mol. The Labute approximate surface area is 104 Å². The summed E-state index contributed by atoms with van der Waals surface area (Å²) in [6.45, 7) is 7.62. The molecule has 0 aliphatic carbocycles. The van der Waals surface area contributed by atoms with Gasteiger partial charge in [0.05, 0.1) is 0 Å². The Hall–Kier alpha value is -0.610. The average Bonchev–Trinajstić information content (AvgIpc) is 2.27. The molecule has 1 atom stereocenters. The SMILES string of the molecule is CC(NC(=O)CCC(C)(C)N)C1CCOCC1. The summed E-state index contributed by atoms with van der Waals surface area (Å²) >= 11 is 0. The maximum atomic E-state index is 11.7. The molecule has 1 rings (SSSR count). The van der Waals surface area contributed by atoms with Crippen molar-refractivity contribution < 1.29 is 9.53 Å². The number of hydrogen-bond donors (Lipinski definition) is 2. The maximum Gasteiger partial charge on any atom is 0.220 e. The van der Waals surface area contributed by atoms with E-state index in [9.17, 15) is 4.79 Å². The third-order valence-corrected chi connectivity index (χ3v) is 3.36. The summed E-state index contributed by atoms with van der Waals surface area (Å²) in [4.78, 5) is 11.7. The van der Waals surface area contributed by atoms with Gasteiger partial charge in [-0.25, -0.2) is 0 Å². The summed E-state index contributed by atoms with van der Waals surface area (Å²) in [6.07, 6.45) is 3.32. The number of hydrogen-bond acceptors (Lipinski definition) is 3. The molecule has 0 bridgehead atoms. The molecule has 0 radical (unpaired) electrons. The fourth-order valence-corrected chi connectivity index (χ4v) is 2.10. The highest BCUT2D eigenvalue weighted by atomic mass is 16.5. The molecule has 0 aromatic carbocycles. The molecule has 4 nitrogen and oxygen atoms in total. The van der Waals surface area contributed by atoms with Crippen molar-refractivity contribution in [1.29, 1.82) is 0 Å². The molecule has 1 unspecified atom stereocenters. The van der Waals surface area contributed by atoms with Crippen LogP contribution in [-0.4, -0.2) is 30.7 Å². The minimum Gasteiger partial charge on any atom is -0.381 e. The lowest BCUT2D eigenvalue weighted by Crippen LogP contribution is -2.41. The summed E-state index contributed by atoms with van der Waals surface area (Å²) < 4.78 is 5.32. The summed E-state index contributed by atoms with van der Waals surface area (Å²) in [5.74, 6) is 0.668. The van der Waals surface area contributed by atoms with E-state index in [0.717, 1.165) is 32.5 Å². The lowest BCUT2D eigenvalue weighted by atomic mass is 9.92. The summed E-state index contributed by atoms with van der Waals surface area (Å²) in [6, 6.07) is 0.243. The van der Waals surface area contributed by atoms with Gasteiger partial charge in [0.25, 0.3) is 0 Å². The molecule has 3 N–H and O–H groups in total. The Morgan fingerprint density at radius 3 is 2.59 bits per heavy atom. The van der Waals surface area contributed by atoms with E-state index in [1.165, 1.54) is 0 Å². The first-order valence-corrected chi connectivity index (χ1v) is 6.54. The van der Waals surface area contributed by atoms with Crippen molar-refractivity contribution in [3.8, 4) is 0 Å². The van der Waals surface area contributed by atoms with Gasteiger partial charge in [0.1, 0.15) is 0 Å². The summed E-state index contributed by atoms with van der Waals surface area (Å²) in [5.41, 5.74) is 5.60. The second-order valence-corrected chi connectivity index (χ2v) is 5.79. The highest BCUT2D eigenvalue weighted by Crippen LogP contribution is 2.18. The number of ether oxygens (including phenoxy) is 1. The molecule has 0 aromatic heterocycles. The Morgan fingerprint density at radius 2 is 2.06 bits per heavy atom. The molecule has 1 amide bonds. The Morgan fingerprint density at radius 1 is 1.47 bits per heavy atom. The number of nitrogens with two attached hydrogens (primary N) is 1. The lowest BCUT2D eigenvalue weighted by molar-refractivity contribution is -0.122. The smallest absolute Gasteiger partial charge is 0.220 e. The van der Waals surface area contributed by atoms with E-state index < -0.39 is 0 Å². The number of carbonyl (C=O) groups is 1. The van der Waals surface area contributed by atoms with Crippen molar-refractivity contribution in [1.82, 2.24) is 5.32 Å². The van der Waals surface area contributed by atoms with Crippen molar-refractivity contribution in [2.24, 2.45) is 11.7 Å². The van der Waals surface area contributed by atoms with Crippen LogP contribution in [-0.2, 0) is 9.53 Å². The molecule has 1 saturated heterocycles. The number of rotatable bonds is 5. The van der Waals surface area contributed by atoms with E-state index in [4.69, 9.17) is 10.5 Å². The minimum atomic E-state index is -0.265. The van der Waals surface area contributed by atoms with Crippen LogP contribution in [0.1, 0.15) is 46.5 Å². The molecule has 0 spiro atoms. The van der Waals surface area contributed by atoms with Crippen LogP contribution in [0.4, 0.5) is 0 Å². The second-order valence-electron chi connectivity index (χ2n) is 5.79. The monoisotopic (exact) mass is 242 g/mol. The van der Waals surface area contributed by atoms with E-state index in [0.29, 0.717) is 12.3 Å². The lowest BCUT2D eigenvalue weighted by Gasteiger charge is -2.28. The Bertz CT molecular complexity index is 242. The molecule has 1 heterocycles. The predicted octanol–water partition coefficient (Wildman–Crippen LogP) is 1.44. The topological polar surface area (TPSA) is 64.4 Å². The van der Waals surface area contributed by atoms with Crippen LogP contribution < -0.4 is 11.1 Å². The van der Waals surface area contributed by atoms with Gasteiger partial charge in [-0.1, -0.05) is 0 Å². The number of amides is 1. The van der Waals surface area contributed by atoms with Crippen LogP contribution in [0.3, 0.4) is 0 Å². The highest BCUT2D eigenvalue weighted by Gasteiger charge is 2.22. The van der Waals surface area contributed by atoms with Gasteiger partial charge in [-0.2, -0.15) is 0 Å². The third-order valence-electron chi connectivity index (χ3n) is 3.36. The van der Waals surface area contributed by atoms with Crippen LogP contribution in [0, 0.1) is 5.92 Å². The zero-order valence-corrected chi connectivity index (χ0v) is 11.3. The van der Waals surface area contributed by atoms with Crippen molar-refractivity contribution in [2.75, 3.05) is 13.2 Å². The van der Waals surface area contributed by atoms with Gasteiger partial charge >= 0.3 is 0 Å². The van der Waals surface area contributed by atoms with E-state index in [2.05, 4.69) is 12.2 Å². The molecule has 1 fully saturated rings. The molecule has 100 valence electrons. The van der Waals surface area contributed by atoms with Gasteiger partial charge in [0.2, 0.25) is 5.91 Å². The molecule has 0 aromatic rings. The molecule has 1 aliphatic heterocycles. The van der Waals surface area contributed by atoms with E-state index in [1.54, 1.807) is 0 Å². The standard InChI is InChI=1S/C13H26N2O2/c1-10(11-5-8-17-9-6-11)15-12(16)4-7-13(2,3)14/h10-11H,4-9,14H2,1-3H3,(H,15,16). The Balaban J connectivity index is 2.25. The van der Waals surface area contributed by atoms with Crippen LogP contribution in [0.15, 0.2) is 0 Å². The van der Waals surface area contributed by atoms with Crippen LogP contribution in [0.25, 0.3) is 0 Å². The Kier molecular flexibility index (Phi) is 5.40. The highest BCUT2D eigenvalue weighted by molar-refractivity contribution is 5.76. The van der Waals surface area contributed by atoms with Crippen molar-refractivity contribution in [2.45, 2.75) is 58.0 Å². The van der Waals surface area contributed by atoms with Crippen molar-refractivity contribution >= 4 is 5.91 Å². The zero-order valence-electron chi connectivity index (χ0n) is 11.3. The van der Waals surface area contributed by atoms with Gasteiger partial charge in [0.15, 0.2) is 0 Å². The second kappa shape index (κ2) is 6.36. The average molecular weight is 242 g/mol. The predicted molar refractivity (Wildman–Crippen MR) is 68.6 cm³/mol. The van der Waals surface area contributed by atoms with Crippen molar-refractivity contribution in [3.05, 3.63) is 0 Å². The first kappa shape index (κ1) is 14.5. The van der Waals surface area contributed by atoms with E-state index >= 15 is 0 Å². The van der Waals surface area contributed by atoms with Gasteiger partial charge < -0.3 is 15.8 Å². The number of carbonyl (C=O) groups excluding carboxylic acids is 1. The van der Waals surface area contributed by atoms with Crippen LogP contribution >= 0.6 is 0 Å². The van der Waals surface area contributed by atoms with Crippen molar-refractivity contribution in [3.63, 3.8) is 0 Å². The molecule has 4 heteroatoms. The third kappa shape index (κ3) is 6.03. The molecule has 17 heavy (non-hydrogen) atoms. The first-order valence-electron chi connectivity index (χ1n) is 6.54. The molecule has 0 saturated carbocycles. The van der Waals surface area contributed by atoms with E-state index in [-0.39, 0.29) is 17.5 Å². The summed E-state index contributed by atoms with van der Waals surface area (Å²) in [7, 11) is 0. The van der Waals surface area contributed by atoms with Crippen LogP contribution in [0.2, 0.25) is 0 Å². The fraction of sp³-hybridized carbons (Fsp3) is 0.923. The normalized spacial score (nSPS) is 20.0. The quantitative estimate of drug-likeness (QED) is 0.766. The van der Waals surface area contributed by atoms with Crippen LogP contribution in [0.5, 0.6) is 0 Å². The summed E-state index contributed by atoms with van der Waals surface area (Å²) in [5, 5.41) is 3.07. The zero-order chi connectivity index (χ0) is 12.9. The first-order chi connectivity index (χ1) is 7.88. The van der Waals surface area contributed by atoms with Gasteiger partial charge in [-0.15, -0.1) is 0 Å². The molecule has 1 aliphatic rings. The van der Waals surface area contributed by atoms with Gasteiger partial charge in [0, 0.05) is 31.2 Å². The minimum absolute atomic E-state index is 0.113. The number of nitrogens with one attached hydrogen (secondary N) is 1. The maximum absolute atomic E-state index is 11.7.